The van der Waals surface area contributed by atoms with Crippen molar-refractivity contribution in [3.63, 3.8) is 0 Å². The summed E-state index contributed by atoms with van der Waals surface area (Å²) in [6.07, 6.45) is 29.5. The third-order valence-corrected chi connectivity index (χ3v) is 12.6. The van der Waals surface area contributed by atoms with Gasteiger partial charge in [0.25, 0.3) is 10.1 Å². The van der Waals surface area contributed by atoms with Crippen molar-refractivity contribution in [1.82, 2.24) is 0 Å². The maximum absolute atomic E-state index is 12.3. The molecule has 13 heteroatoms. The summed E-state index contributed by atoms with van der Waals surface area (Å²) in [6.45, 7) is 4.49. The van der Waals surface area contributed by atoms with Gasteiger partial charge in [-0.15, -0.1) is 0 Å². The largest absolute Gasteiger partial charge is 2.00 e. The standard InChI is InChI=1S/2C25H36O5S.Ca/c2*1-2-3-4-5-6-7-8-9-10-11-12-14-21-15-13-16-24(26)25(21)30-22-17-19-23(20-18-22)31(27,28)29;/h2*13,15-20,26H,2-12,14H2,1H3,(H,27,28,29);/q;;+2/p-2. The van der Waals surface area contributed by atoms with Gasteiger partial charge in [0.1, 0.15) is 27.4 Å². The van der Waals surface area contributed by atoms with E-state index in [0.29, 0.717) is 17.2 Å². The van der Waals surface area contributed by atoms with Crippen LogP contribution in [0.15, 0.2) is 94.7 Å². The first-order valence-corrected chi connectivity index (χ1v) is 25.8. The van der Waals surface area contributed by atoms with E-state index >= 15 is 0 Å². The number of hydrogen-bond donors (Lipinski definition) is 2. The average Bonchev–Trinajstić information content (AvgIpc) is 3.24. The molecule has 0 bridgehead atoms. The summed E-state index contributed by atoms with van der Waals surface area (Å²) in [5.74, 6) is 1.24. The fourth-order valence-corrected chi connectivity index (χ4v) is 8.26. The molecule has 0 saturated carbocycles. The van der Waals surface area contributed by atoms with E-state index in [9.17, 15) is 31.6 Å². The fraction of sp³-hybridized carbons (Fsp3) is 0.520. The number of phenolic OH excluding ortho intramolecular Hbond substituents is 1. The Morgan fingerprint density at radius 3 is 1.22 bits per heavy atom. The van der Waals surface area contributed by atoms with E-state index in [1.54, 1.807) is 18.2 Å². The monoisotopic (exact) mass is 934 g/mol. The van der Waals surface area contributed by atoms with Gasteiger partial charge in [-0.2, -0.15) is 8.42 Å². The van der Waals surface area contributed by atoms with Crippen LogP contribution in [0.3, 0.4) is 0 Å². The van der Waals surface area contributed by atoms with Crippen molar-refractivity contribution < 1.29 is 45.6 Å². The minimum absolute atomic E-state index is 0. The molecule has 4 rings (SSSR count). The number of phenols is 1. The normalized spacial score (nSPS) is 11.4. The van der Waals surface area contributed by atoms with Gasteiger partial charge in [-0.1, -0.05) is 178 Å². The van der Waals surface area contributed by atoms with E-state index in [1.165, 1.54) is 170 Å². The molecule has 0 aliphatic rings. The molecule has 0 unspecified atom stereocenters. The van der Waals surface area contributed by atoms with Crippen LogP contribution in [-0.2, 0) is 33.1 Å². The molecule has 4 aromatic carbocycles. The quantitative estimate of drug-likeness (QED) is 0.0291. The van der Waals surface area contributed by atoms with Crippen LogP contribution in [0.4, 0.5) is 0 Å². The number of aromatic hydroxyl groups is 1. The first-order chi connectivity index (χ1) is 29.8. The van der Waals surface area contributed by atoms with Gasteiger partial charge in [0.2, 0.25) is 0 Å². The van der Waals surface area contributed by atoms with Crippen LogP contribution in [0.1, 0.15) is 166 Å². The first-order valence-electron chi connectivity index (χ1n) is 22.9. The van der Waals surface area contributed by atoms with Crippen LogP contribution in [-0.4, -0.2) is 68.8 Å². The number of hydrogen-bond acceptors (Lipinski definition) is 9. The Morgan fingerprint density at radius 1 is 0.476 bits per heavy atom. The van der Waals surface area contributed by atoms with Gasteiger partial charge >= 0.3 is 37.7 Å². The summed E-state index contributed by atoms with van der Waals surface area (Å²) in [5, 5.41) is 22.6. The Morgan fingerprint density at radius 2 is 0.825 bits per heavy atom. The van der Waals surface area contributed by atoms with Gasteiger partial charge in [0, 0.05) is 0 Å². The van der Waals surface area contributed by atoms with Gasteiger partial charge in [0.15, 0.2) is 11.5 Å². The van der Waals surface area contributed by atoms with E-state index in [4.69, 9.17) is 14.0 Å². The van der Waals surface area contributed by atoms with E-state index in [-0.39, 0.29) is 64.8 Å². The zero-order chi connectivity index (χ0) is 45.1. The van der Waals surface area contributed by atoms with Crippen molar-refractivity contribution in [3.8, 4) is 34.5 Å². The predicted octanol–water partition coefficient (Wildman–Crippen LogP) is 13.2. The van der Waals surface area contributed by atoms with E-state index in [2.05, 4.69) is 13.8 Å². The first kappa shape index (κ1) is 56.3. The molecule has 0 amide bonds. The molecule has 0 saturated heterocycles. The second-order valence-corrected chi connectivity index (χ2v) is 19.0. The molecule has 63 heavy (non-hydrogen) atoms. The molecule has 4 aromatic rings. The van der Waals surface area contributed by atoms with Crippen molar-refractivity contribution in [3.05, 3.63) is 96.1 Å². The van der Waals surface area contributed by atoms with E-state index in [0.717, 1.165) is 49.7 Å². The second kappa shape index (κ2) is 31.9. The predicted molar refractivity (Wildman–Crippen MR) is 251 cm³/mol. The van der Waals surface area contributed by atoms with Crippen LogP contribution in [0, 0.1) is 0 Å². The Labute approximate surface area is 408 Å². The van der Waals surface area contributed by atoms with Crippen molar-refractivity contribution in [2.45, 2.75) is 178 Å². The molecule has 0 atom stereocenters. The maximum atomic E-state index is 12.3. The van der Waals surface area contributed by atoms with Gasteiger partial charge in [-0.3, -0.25) is 4.55 Å². The number of unbranched alkanes of at least 4 members (excludes halogenated alkanes) is 20. The number of ether oxygens (including phenoxy) is 2. The van der Waals surface area contributed by atoms with E-state index < -0.39 is 20.2 Å². The number of aryl methyl sites for hydroxylation is 2. The summed E-state index contributed by atoms with van der Waals surface area (Å²) in [5.41, 5.74) is 1.78. The summed E-state index contributed by atoms with van der Waals surface area (Å²) in [7, 11) is -8.75. The topological polar surface area (TPSA) is 173 Å². The molecule has 0 heterocycles. The smallest absolute Gasteiger partial charge is 0.870 e. The SMILES string of the molecule is CCCCCCCCCCCCCc1cccc(O)c1Oc1ccc(S(=O)(=O)O)cc1.CCCCCCCCCCCCCc1cccc([O-])c1Oc1ccc(S(=O)(=O)[O-])cc1.[Ca+2]. The van der Waals surface area contributed by atoms with Crippen LogP contribution in [0.25, 0.3) is 0 Å². The molecular formula is C50H70CaO10S2. The Bertz CT molecular complexity index is 1910. The summed E-state index contributed by atoms with van der Waals surface area (Å²) in [4.78, 5) is -0.519. The molecule has 0 aliphatic heterocycles. The number of benzene rings is 4. The summed E-state index contributed by atoms with van der Waals surface area (Å²) < 4.78 is 76.1. The van der Waals surface area contributed by atoms with Gasteiger partial charge < -0.3 is 24.2 Å². The molecule has 2 N–H and O–H groups in total. The molecule has 0 aromatic heterocycles. The second-order valence-electron chi connectivity index (χ2n) is 16.2. The molecule has 0 radical (unpaired) electrons. The summed E-state index contributed by atoms with van der Waals surface area (Å²) >= 11 is 0. The maximum Gasteiger partial charge on any atom is 2.00 e. The zero-order valence-electron chi connectivity index (χ0n) is 37.7. The van der Waals surface area contributed by atoms with Gasteiger partial charge in [-0.25, -0.2) is 8.42 Å². The molecular weight excluding hydrogens is 865 g/mol. The minimum atomic E-state index is -4.51. The Hall–Kier alpha value is -2.84. The third-order valence-electron chi connectivity index (χ3n) is 10.9. The van der Waals surface area contributed by atoms with Crippen molar-refractivity contribution in [1.29, 1.82) is 0 Å². The molecule has 344 valence electrons. The van der Waals surface area contributed by atoms with Crippen molar-refractivity contribution in [2.24, 2.45) is 0 Å². The van der Waals surface area contributed by atoms with Crippen LogP contribution >= 0.6 is 0 Å². The third kappa shape index (κ3) is 23.3. The molecule has 0 spiro atoms. The van der Waals surface area contributed by atoms with Crippen LogP contribution in [0.5, 0.6) is 34.5 Å². The van der Waals surface area contributed by atoms with Gasteiger partial charge in [-0.05, 0) is 91.4 Å². The van der Waals surface area contributed by atoms with Crippen LogP contribution < -0.4 is 14.6 Å². The molecule has 0 aliphatic carbocycles. The number of rotatable bonds is 30. The Balaban J connectivity index is 0.000000427. The zero-order valence-corrected chi connectivity index (χ0v) is 41.6. The summed E-state index contributed by atoms with van der Waals surface area (Å²) in [6, 6.07) is 21.0. The molecule has 10 nitrogen and oxygen atoms in total. The van der Waals surface area contributed by atoms with E-state index in [1.807, 2.05) is 12.1 Å². The average molecular weight is 935 g/mol. The van der Waals surface area contributed by atoms with Gasteiger partial charge in [0.05, 0.1) is 9.79 Å². The van der Waals surface area contributed by atoms with Crippen LogP contribution in [0.2, 0.25) is 0 Å². The molecule has 0 fully saturated rings. The number of para-hydroxylation sites is 2. The minimum Gasteiger partial charge on any atom is -0.870 e. The van der Waals surface area contributed by atoms with Crippen molar-refractivity contribution in [2.75, 3.05) is 0 Å². The Kier molecular flexibility index (Phi) is 28.5. The van der Waals surface area contributed by atoms with Crippen molar-refractivity contribution >= 4 is 58.0 Å². The fourth-order valence-electron chi connectivity index (χ4n) is 7.31.